The highest BCUT2D eigenvalue weighted by Gasteiger charge is 2.08. The monoisotopic (exact) mass is 234 g/mol. The number of aliphatic hydroxyl groups excluding tert-OH is 1. The first-order valence-electron chi connectivity index (χ1n) is 5.78. The molecule has 0 bridgehead atoms. The Kier molecular flexibility index (Phi) is 6.08. The molecule has 0 heterocycles. The highest BCUT2D eigenvalue weighted by molar-refractivity contribution is 5.31. The number of nitriles is 1. The molecule has 0 saturated heterocycles. The Labute approximate surface area is 102 Å². The van der Waals surface area contributed by atoms with Gasteiger partial charge in [-0.25, -0.2) is 0 Å². The van der Waals surface area contributed by atoms with Gasteiger partial charge in [0.15, 0.2) is 0 Å². The summed E-state index contributed by atoms with van der Waals surface area (Å²) in [5.41, 5.74) is 0.879. The number of benzene rings is 1. The van der Waals surface area contributed by atoms with E-state index in [2.05, 4.69) is 18.3 Å². The molecule has 0 aliphatic carbocycles. The second-order valence-electron chi connectivity index (χ2n) is 3.66. The summed E-state index contributed by atoms with van der Waals surface area (Å²) in [6.07, 6.45) is 0.973. The Morgan fingerprint density at radius 3 is 2.65 bits per heavy atom. The first-order valence-corrected chi connectivity index (χ1v) is 5.78. The number of ether oxygens (including phenoxy) is 1. The van der Waals surface area contributed by atoms with E-state index in [-0.39, 0.29) is 12.6 Å². The van der Waals surface area contributed by atoms with E-state index in [1.165, 1.54) is 0 Å². The number of nitrogens with one attached hydrogen (secondary N) is 1. The van der Waals surface area contributed by atoms with E-state index in [1.54, 1.807) is 0 Å². The Morgan fingerprint density at radius 2 is 2.12 bits per heavy atom. The van der Waals surface area contributed by atoms with Crippen molar-refractivity contribution in [3.8, 4) is 11.8 Å². The van der Waals surface area contributed by atoms with E-state index in [4.69, 9.17) is 15.1 Å². The lowest BCUT2D eigenvalue weighted by Crippen LogP contribution is -2.23. The van der Waals surface area contributed by atoms with Crippen LogP contribution in [0.1, 0.15) is 24.9 Å². The Hall–Kier alpha value is -1.57. The van der Waals surface area contributed by atoms with E-state index < -0.39 is 0 Å². The third-order valence-corrected chi connectivity index (χ3v) is 2.28. The molecule has 0 aliphatic heterocycles. The zero-order valence-corrected chi connectivity index (χ0v) is 10.0. The standard InChI is InChI=1S/C13H18N2O2/c1-2-9-17-12-5-3-11(4-6-12)13(10-14)15-7-8-16/h3-6,13,15-16H,2,7-9H2,1H3. The minimum Gasteiger partial charge on any atom is -0.494 e. The lowest BCUT2D eigenvalue weighted by Gasteiger charge is -2.11. The van der Waals surface area contributed by atoms with Crippen molar-refractivity contribution in [1.82, 2.24) is 5.32 Å². The van der Waals surface area contributed by atoms with Gasteiger partial charge in [-0.15, -0.1) is 0 Å². The van der Waals surface area contributed by atoms with Crippen molar-refractivity contribution in [2.45, 2.75) is 19.4 Å². The molecule has 92 valence electrons. The van der Waals surface area contributed by atoms with Gasteiger partial charge >= 0.3 is 0 Å². The van der Waals surface area contributed by atoms with Gasteiger partial charge in [-0.05, 0) is 24.1 Å². The van der Waals surface area contributed by atoms with Gasteiger partial charge in [0.1, 0.15) is 11.8 Å². The maximum absolute atomic E-state index is 8.99. The minimum atomic E-state index is -0.387. The number of hydrogen-bond acceptors (Lipinski definition) is 4. The van der Waals surface area contributed by atoms with E-state index in [0.29, 0.717) is 13.2 Å². The zero-order valence-electron chi connectivity index (χ0n) is 10.0. The van der Waals surface area contributed by atoms with Gasteiger partial charge < -0.3 is 9.84 Å². The molecule has 0 aromatic heterocycles. The predicted octanol–water partition coefficient (Wildman–Crippen LogP) is 1.62. The van der Waals surface area contributed by atoms with Crippen molar-refractivity contribution in [2.24, 2.45) is 0 Å². The van der Waals surface area contributed by atoms with Crippen molar-refractivity contribution in [1.29, 1.82) is 5.26 Å². The van der Waals surface area contributed by atoms with Crippen LogP contribution < -0.4 is 10.1 Å². The normalized spacial score (nSPS) is 11.8. The molecule has 1 aromatic rings. The fraction of sp³-hybridized carbons (Fsp3) is 0.462. The summed E-state index contributed by atoms with van der Waals surface area (Å²) < 4.78 is 5.46. The van der Waals surface area contributed by atoms with Crippen LogP contribution >= 0.6 is 0 Å². The van der Waals surface area contributed by atoms with E-state index in [9.17, 15) is 0 Å². The SMILES string of the molecule is CCCOc1ccc(C(C#N)NCCO)cc1. The summed E-state index contributed by atoms with van der Waals surface area (Å²) in [6.45, 7) is 3.19. The molecule has 0 aliphatic rings. The third-order valence-electron chi connectivity index (χ3n) is 2.28. The van der Waals surface area contributed by atoms with E-state index in [1.807, 2.05) is 24.3 Å². The van der Waals surface area contributed by atoms with Crippen LogP contribution in [0.5, 0.6) is 5.75 Å². The number of aliphatic hydroxyl groups is 1. The highest BCUT2D eigenvalue weighted by Crippen LogP contribution is 2.17. The van der Waals surface area contributed by atoms with Crippen LogP contribution in [0.15, 0.2) is 24.3 Å². The van der Waals surface area contributed by atoms with Crippen LogP contribution in [0.25, 0.3) is 0 Å². The lowest BCUT2D eigenvalue weighted by atomic mass is 10.1. The fourth-order valence-corrected chi connectivity index (χ4v) is 1.42. The van der Waals surface area contributed by atoms with Crippen molar-refractivity contribution in [2.75, 3.05) is 19.8 Å². The molecule has 0 spiro atoms. The summed E-state index contributed by atoms with van der Waals surface area (Å²) in [5.74, 6) is 0.814. The van der Waals surface area contributed by atoms with Crippen molar-refractivity contribution < 1.29 is 9.84 Å². The molecule has 0 amide bonds. The van der Waals surface area contributed by atoms with Crippen LogP contribution in [-0.4, -0.2) is 24.9 Å². The summed E-state index contributed by atoms with van der Waals surface area (Å²) >= 11 is 0. The summed E-state index contributed by atoms with van der Waals surface area (Å²) in [7, 11) is 0. The summed E-state index contributed by atoms with van der Waals surface area (Å²) in [5, 5.41) is 20.6. The van der Waals surface area contributed by atoms with Gasteiger partial charge in [0, 0.05) is 6.54 Å². The van der Waals surface area contributed by atoms with Crippen LogP contribution in [0.4, 0.5) is 0 Å². The average molecular weight is 234 g/mol. The van der Waals surface area contributed by atoms with E-state index >= 15 is 0 Å². The molecule has 0 saturated carbocycles. The second kappa shape index (κ2) is 7.66. The first kappa shape index (κ1) is 13.5. The van der Waals surface area contributed by atoms with Gasteiger partial charge in [-0.1, -0.05) is 19.1 Å². The van der Waals surface area contributed by atoms with Gasteiger partial charge in [0.25, 0.3) is 0 Å². The molecule has 0 fully saturated rings. The molecule has 4 heteroatoms. The topological polar surface area (TPSA) is 65.3 Å². The summed E-state index contributed by atoms with van der Waals surface area (Å²) in [4.78, 5) is 0. The van der Waals surface area contributed by atoms with Crippen LogP contribution in [0, 0.1) is 11.3 Å². The quantitative estimate of drug-likeness (QED) is 0.752. The van der Waals surface area contributed by atoms with Crippen molar-refractivity contribution in [3.63, 3.8) is 0 Å². The molecule has 0 radical (unpaired) electrons. The highest BCUT2D eigenvalue weighted by atomic mass is 16.5. The number of nitrogens with zero attached hydrogens (tertiary/aromatic N) is 1. The Bertz CT molecular complexity index is 357. The molecule has 1 rings (SSSR count). The minimum absolute atomic E-state index is 0.0237. The molecule has 2 N–H and O–H groups in total. The third kappa shape index (κ3) is 4.43. The van der Waals surface area contributed by atoms with Gasteiger partial charge in [-0.2, -0.15) is 5.26 Å². The number of rotatable bonds is 7. The zero-order chi connectivity index (χ0) is 12.5. The van der Waals surface area contributed by atoms with Crippen LogP contribution in [-0.2, 0) is 0 Å². The molecule has 1 unspecified atom stereocenters. The molecule has 4 nitrogen and oxygen atoms in total. The Balaban J connectivity index is 2.61. The van der Waals surface area contributed by atoms with Crippen LogP contribution in [0.3, 0.4) is 0 Å². The number of hydrogen-bond donors (Lipinski definition) is 2. The fourth-order valence-electron chi connectivity index (χ4n) is 1.42. The molecule has 17 heavy (non-hydrogen) atoms. The van der Waals surface area contributed by atoms with Gasteiger partial charge in [0.2, 0.25) is 0 Å². The molecule has 1 atom stereocenters. The second-order valence-corrected chi connectivity index (χ2v) is 3.66. The van der Waals surface area contributed by atoms with Crippen LogP contribution in [0.2, 0.25) is 0 Å². The maximum atomic E-state index is 8.99. The van der Waals surface area contributed by atoms with Gasteiger partial charge in [0.05, 0.1) is 19.3 Å². The average Bonchev–Trinajstić information content (AvgIpc) is 2.38. The summed E-state index contributed by atoms with van der Waals surface area (Å²) in [6, 6.07) is 9.21. The molecular formula is C13H18N2O2. The molecule has 1 aromatic carbocycles. The largest absolute Gasteiger partial charge is 0.494 e. The Morgan fingerprint density at radius 1 is 1.41 bits per heavy atom. The molecular weight excluding hydrogens is 216 g/mol. The van der Waals surface area contributed by atoms with Crippen molar-refractivity contribution in [3.05, 3.63) is 29.8 Å². The lowest BCUT2D eigenvalue weighted by molar-refractivity contribution is 0.289. The van der Waals surface area contributed by atoms with Gasteiger partial charge in [-0.3, -0.25) is 5.32 Å². The van der Waals surface area contributed by atoms with E-state index in [0.717, 1.165) is 17.7 Å². The smallest absolute Gasteiger partial charge is 0.121 e. The maximum Gasteiger partial charge on any atom is 0.121 e. The predicted molar refractivity (Wildman–Crippen MR) is 65.7 cm³/mol. The first-order chi connectivity index (χ1) is 8.31. The van der Waals surface area contributed by atoms with Crippen molar-refractivity contribution >= 4 is 0 Å².